The van der Waals surface area contributed by atoms with Crippen LogP contribution in [0.15, 0.2) is 54.7 Å². The van der Waals surface area contributed by atoms with Crippen molar-refractivity contribution in [3.63, 3.8) is 0 Å². The molecule has 0 bridgehead atoms. The first-order valence-corrected chi connectivity index (χ1v) is 7.13. The van der Waals surface area contributed by atoms with Crippen LogP contribution in [-0.2, 0) is 17.9 Å². The molecule has 1 aromatic heterocycles. The second kappa shape index (κ2) is 6.02. The van der Waals surface area contributed by atoms with Gasteiger partial charge < -0.3 is 9.88 Å². The third kappa shape index (κ3) is 3.09. The molecule has 0 saturated heterocycles. The number of aromatic amines is 1. The summed E-state index contributed by atoms with van der Waals surface area (Å²) in [6.45, 7) is 1.15. The van der Waals surface area contributed by atoms with Crippen LogP contribution in [0, 0.1) is 0 Å². The summed E-state index contributed by atoms with van der Waals surface area (Å²) < 4.78 is 0. The molecule has 2 aromatic carbocycles. The van der Waals surface area contributed by atoms with Gasteiger partial charge in [-0.1, -0.05) is 41.9 Å². The standard InChI is InChI=1S/C17H15ClN2O/c18-15-7-5-13(6-8-15)10-20(12-21)11-14-9-19-17-4-2-1-3-16(14)17/h1-9,12,19H,10-11H2. The number of hydrogen-bond acceptors (Lipinski definition) is 1. The Balaban J connectivity index is 1.78. The summed E-state index contributed by atoms with van der Waals surface area (Å²) in [7, 11) is 0. The second-order valence-corrected chi connectivity index (χ2v) is 5.43. The fourth-order valence-corrected chi connectivity index (χ4v) is 2.56. The molecule has 3 aromatic rings. The number of carbonyl (C=O) groups excluding carboxylic acids is 1. The lowest BCUT2D eigenvalue weighted by molar-refractivity contribution is -0.119. The van der Waals surface area contributed by atoms with Crippen molar-refractivity contribution < 1.29 is 4.79 Å². The minimum atomic E-state index is 0.570. The molecule has 0 aliphatic heterocycles. The van der Waals surface area contributed by atoms with Crippen LogP contribution in [0.25, 0.3) is 10.9 Å². The first kappa shape index (κ1) is 13.7. The number of amides is 1. The van der Waals surface area contributed by atoms with E-state index in [1.807, 2.05) is 48.7 Å². The molecule has 3 rings (SSSR count). The van der Waals surface area contributed by atoms with Crippen LogP contribution in [0.3, 0.4) is 0 Å². The zero-order chi connectivity index (χ0) is 14.7. The predicted molar refractivity (Wildman–Crippen MR) is 85.1 cm³/mol. The molecule has 1 amide bonds. The molecule has 0 aliphatic rings. The van der Waals surface area contributed by atoms with E-state index in [2.05, 4.69) is 11.1 Å². The maximum Gasteiger partial charge on any atom is 0.210 e. The van der Waals surface area contributed by atoms with E-state index in [-0.39, 0.29) is 0 Å². The number of benzene rings is 2. The Morgan fingerprint density at radius 3 is 2.57 bits per heavy atom. The molecule has 0 aliphatic carbocycles. The Bertz CT molecular complexity index is 749. The largest absolute Gasteiger partial charge is 0.361 e. The lowest BCUT2D eigenvalue weighted by Gasteiger charge is -2.17. The highest BCUT2D eigenvalue weighted by Gasteiger charge is 2.08. The third-order valence-electron chi connectivity index (χ3n) is 3.50. The Labute approximate surface area is 128 Å². The lowest BCUT2D eigenvalue weighted by Crippen LogP contribution is -2.20. The van der Waals surface area contributed by atoms with Crippen molar-refractivity contribution >= 4 is 28.9 Å². The van der Waals surface area contributed by atoms with E-state index in [0.29, 0.717) is 18.1 Å². The normalized spacial score (nSPS) is 10.7. The van der Waals surface area contributed by atoms with E-state index in [9.17, 15) is 4.79 Å². The maximum absolute atomic E-state index is 11.3. The number of fused-ring (bicyclic) bond motifs is 1. The average molecular weight is 299 g/mol. The van der Waals surface area contributed by atoms with E-state index in [0.717, 1.165) is 28.4 Å². The molecule has 0 spiro atoms. The molecule has 106 valence electrons. The minimum Gasteiger partial charge on any atom is -0.361 e. The summed E-state index contributed by atoms with van der Waals surface area (Å²) in [6.07, 6.45) is 2.85. The van der Waals surface area contributed by atoms with Gasteiger partial charge in [0.2, 0.25) is 6.41 Å². The number of nitrogens with zero attached hydrogens (tertiary/aromatic N) is 1. The Morgan fingerprint density at radius 2 is 1.81 bits per heavy atom. The van der Waals surface area contributed by atoms with Gasteiger partial charge in [-0.2, -0.15) is 0 Å². The molecule has 0 atom stereocenters. The molecule has 4 heteroatoms. The van der Waals surface area contributed by atoms with E-state index in [1.54, 1.807) is 4.90 Å². The smallest absolute Gasteiger partial charge is 0.210 e. The first-order valence-electron chi connectivity index (χ1n) is 6.75. The molecule has 3 nitrogen and oxygen atoms in total. The summed E-state index contributed by atoms with van der Waals surface area (Å²) >= 11 is 5.88. The quantitative estimate of drug-likeness (QED) is 0.711. The molecular formula is C17H15ClN2O. The molecule has 1 N–H and O–H groups in total. The number of carbonyl (C=O) groups is 1. The summed E-state index contributed by atoms with van der Waals surface area (Å²) in [6, 6.07) is 15.6. The van der Waals surface area contributed by atoms with Crippen molar-refractivity contribution in [3.8, 4) is 0 Å². The highest BCUT2D eigenvalue weighted by atomic mass is 35.5. The van der Waals surface area contributed by atoms with Crippen LogP contribution < -0.4 is 0 Å². The van der Waals surface area contributed by atoms with E-state index in [1.165, 1.54) is 0 Å². The second-order valence-electron chi connectivity index (χ2n) is 5.00. The summed E-state index contributed by atoms with van der Waals surface area (Å²) in [4.78, 5) is 16.3. The van der Waals surface area contributed by atoms with Crippen LogP contribution in [-0.4, -0.2) is 16.3 Å². The minimum absolute atomic E-state index is 0.570. The van der Waals surface area contributed by atoms with Crippen LogP contribution in [0.4, 0.5) is 0 Å². The van der Waals surface area contributed by atoms with Gasteiger partial charge in [0, 0.05) is 35.2 Å². The number of H-pyrrole nitrogens is 1. The zero-order valence-electron chi connectivity index (χ0n) is 11.4. The maximum atomic E-state index is 11.3. The van der Waals surface area contributed by atoms with Crippen molar-refractivity contribution in [1.29, 1.82) is 0 Å². The number of rotatable bonds is 5. The molecule has 0 fully saturated rings. The van der Waals surface area contributed by atoms with Crippen molar-refractivity contribution in [2.45, 2.75) is 13.1 Å². The topological polar surface area (TPSA) is 36.1 Å². The van der Waals surface area contributed by atoms with Crippen molar-refractivity contribution in [1.82, 2.24) is 9.88 Å². The van der Waals surface area contributed by atoms with Crippen LogP contribution in [0.2, 0.25) is 5.02 Å². The van der Waals surface area contributed by atoms with Crippen molar-refractivity contribution in [2.24, 2.45) is 0 Å². The van der Waals surface area contributed by atoms with Crippen LogP contribution >= 0.6 is 11.6 Å². The third-order valence-corrected chi connectivity index (χ3v) is 3.75. The van der Waals surface area contributed by atoms with E-state index in [4.69, 9.17) is 11.6 Å². The monoisotopic (exact) mass is 298 g/mol. The van der Waals surface area contributed by atoms with E-state index >= 15 is 0 Å². The summed E-state index contributed by atoms with van der Waals surface area (Å²) in [5.41, 5.74) is 3.27. The molecule has 0 radical (unpaired) electrons. The molecule has 0 unspecified atom stereocenters. The van der Waals surface area contributed by atoms with Crippen LogP contribution in [0.1, 0.15) is 11.1 Å². The van der Waals surface area contributed by atoms with Gasteiger partial charge in [0.1, 0.15) is 0 Å². The average Bonchev–Trinajstić information content (AvgIpc) is 2.92. The van der Waals surface area contributed by atoms with Crippen molar-refractivity contribution in [2.75, 3.05) is 0 Å². The Kier molecular flexibility index (Phi) is 3.93. The van der Waals surface area contributed by atoms with Gasteiger partial charge in [-0.25, -0.2) is 0 Å². The molecule has 21 heavy (non-hydrogen) atoms. The van der Waals surface area contributed by atoms with Gasteiger partial charge in [0.25, 0.3) is 0 Å². The number of nitrogens with one attached hydrogen (secondary N) is 1. The Morgan fingerprint density at radius 1 is 1.05 bits per heavy atom. The molecule has 0 saturated carbocycles. The number of para-hydroxylation sites is 1. The predicted octanol–water partition coefficient (Wildman–Crippen LogP) is 3.98. The van der Waals surface area contributed by atoms with Gasteiger partial charge in [-0.05, 0) is 29.3 Å². The Hall–Kier alpha value is -2.26. The highest BCUT2D eigenvalue weighted by molar-refractivity contribution is 6.30. The number of halogens is 1. The lowest BCUT2D eigenvalue weighted by atomic mass is 10.1. The molecular weight excluding hydrogens is 284 g/mol. The molecule has 1 heterocycles. The highest BCUT2D eigenvalue weighted by Crippen LogP contribution is 2.20. The van der Waals surface area contributed by atoms with Crippen molar-refractivity contribution in [3.05, 3.63) is 70.9 Å². The van der Waals surface area contributed by atoms with Gasteiger partial charge in [0.05, 0.1) is 0 Å². The van der Waals surface area contributed by atoms with Gasteiger partial charge in [0.15, 0.2) is 0 Å². The van der Waals surface area contributed by atoms with Gasteiger partial charge in [-0.15, -0.1) is 0 Å². The number of aromatic nitrogens is 1. The first-order chi connectivity index (χ1) is 10.3. The van der Waals surface area contributed by atoms with Gasteiger partial charge in [-0.3, -0.25) is 4.79 Å². The fourth-order valence-electron chi connectivity index (χ4n) is 2.44. The summed E-state index contributed by atoms with van der Waals surface area (Å²) in [5, 5.41) is 1.86. The van der Waals surface area contributed by atoms with Crippen LogP contribution in [0.5, 0.6) is 0 Å². The van der Waals surface area contributed by atoms with E-state index < -0.39 is 0 Å². The van der Waals surface area contributed by atoms with Gasteiger partial charge >= 0.3 is 0 Å². The SMILES string of the molecule is O=CN(Cc1ccc(Cl)cc1)Cc1c[nH]c2ccccc12. The fraction of sp³-hybridized carbons (Fsp3) is 0.118. The zero-order valence-corrected chi connectivity index (χ0v) is 12.2. The summed E-state index contributed by atoms with van der Waals surface area (Å²) in [5.74, 6) is 0. The number of hydrogen-bond donors (Lipinski definition) is 1.